The Morgan fingerprint density at radius 1 is 1.30 bits per heavy atom. The Balaban J connectivity index is 1.83. The van der Waals surface area contributed by atoms with E-state index in [0.717, 1.165) is 13.2 Å². The Morgan fingerprint density at radius 2 is 1.95 bits per heavy atom. The van der Waals surface area contributed by atoms with Crippen molar-refractivity contribution >= 4 is 8.32 Å². The number of hydrogen-bond donors (Lipinski definition) is 1. The maximum atomic E-state index is 6.49. The summed E-state index contributed by atoms with van der Waals surface area (Å²) in [7, 11) is -1.58. The quantitative estimate of drug-likeness (QED) is 0.790. The molecule has 1 unspecified atom stereocenters. The van der Waals surface area contributed by atoms with E-state index >= 15 is 0 Å². The minimum Gasteiger partial charge on any atom is -0.416 e. The number of nitrogens with one attached hydrogen (secondary N) is 1. The van der Waals surface area contributed by atoms with Gasteiger partial charge in [0.15, 0.2) is 8.32 Å². The monoisotopic (exact) mass is 298 g/mol. The molecule has 20 heavy (non-hydrogen) atoms. The van der Waals surface area contributed by atoms with E-state index < -0.39 is 8.32 Å². The maximum absolute atomic E-state index is 6.49. The molecule has 3 nitrogen and oxygen atoms in total. The van der Waals surface area contributed by atoms with Crippen molar-refractivity contribution in [3.63, 3.8) is 0 Å². The van der Waals surface area contributed by atoms with Gasteiger partial charge in [-0.05, 0) is 37.9 Å². The Labute approximate surface area is 126 Å². The highest BCUT2D eigenvalue weighted by Crippen LogP contribution is 2.48. The highest BCUT2D eigenvalue weighted by Gasteiger charge is 2.47. The second kappa shape index (κ2) is 5.71. The lowest BCUT2D eigenvalue weighted by atomic mass is 10.1. The first kappa shape index (κ1) is 16.5. The van der Waals surface area contributed by atoms with Crippen LogP contribution in [0.4, 0.5) is 0 Å². The first-order valence-corrected chi connectivity index (χ1v) is 11.1. The van der Waals surface area contributed by atoms with Crippen LogP contribution in [0.25, 0.3) is 0 Å². The summed E-state index contributed by atoms with van der Waals surface area (Å²) in [5.41, 5.74) is 0.479. The van der Waals surface area contributed by atoms with E-state index in [4.69, 9.17) is 4.43 Å². The first-order valence-electron chi connectivity index (χ1n) is 8.23. The molecule has 0 amide bonds. The largest absolute Gasteiger partial charge is 0.416 e. The second-order valence-electron chi connectivity index (χ2n) is 8.64. The molecule has 118 valence electrons. The molecule has 1 saturated heterocycles. The summed E-state index contributed by atoms with van der Waals surface area (Å²) in [6.45, 7) is 19.8. The lowest BCUT2D eigenvalue weighted by Gasteiger charge is -2.39. The van der Waals surface area contributed by atoms with Gasteiger partial charge in [0.2, 0.25) is 0 Å². The summed E-state index contributed by atoms with van der Waals surface area (Å²) >= 11 is 0. The molecule has 0 spiro atoms. The predicted molar refractivity (Wildman–Crippen MR) is 88.7 cm³/mol. The summed E-state index contributed by atoms with van der Waals surface area (Å²) in [5.74, 6) is 0. The Hall–Kier alpha value is 0.0969. The highest BCUT2D eigenvalue weighted by molar-refractivity contribution is 6.74. The van der Waals surface area contributed by atoms with Gasteiger partial charge < -0.3 is 9.74 Å². The van der Waals surface area contributed by atoms with Crippen LogP contribution in [0.3, 0.4) is 0 Å². The first-order chi connectivity index (χ1) is 9.14. The van der Waals surface area contributed by atoms with E-state index in [1.54, 1.807) is 0 Å². The van der Waals surface area contributed by atoms with Crippen molar-refractivity contribution in [1.82, 2.24) is 10.2 Å². The van der Waals surface area contributed by atoms with Crippen LogP contribution in [0, 0.1) is 5.41 Å². The van der Waals surface area contributed by atoms with Gasteiger partial charge in [0, 0.05) is 44.2 Å². The Morgan fingerprint density at radius 3 is 2.45 bits per heavy atom. The standard InChI is InChI=1S/C16H34N2OSi/c1-14-11-18(10-9-17-14)12-16(7-8-16)13-19-20(5,6)15(2,3)4/h14,17H,7-13H2,1-6H3. The molecule has 0 aromatic carbocycles. The normalized spacial score (nSPS) is 27.6. The van der Waals surface area contributed by atoms with Crippen molar-refractivity contribution in [2.45, 2.75) is 64.7 Å². The molecule has 0 aromatic rings. The van der Waals surface area contributed by atoms with Crippen LogP contribution in [-0.4, -0.2) is 52.0 Å². The minimum atomic E-state index is -1.58. The third-order valence-corrected chi connectivity index (χ3v) is 9.99. The molecular weight excluding hydrogens is 264 g/mol. The number of piperazine rings is 1. The summed E-state index contributed by atoms with van der Waals surface area (Å²) in [6.07, 6.45) is 2.72. The van der Waals surface area contributed by atoms with Crippen molar-refractivity contribution in [2.75, 3.05) is 32.8 Å². The summed E-state index contributed by atoms with van der Waals surface area (Å²) < 4.78 is 6.49. The molecule has 0 bridgehead atoms. The number of rotatable bonds is 5. The predicted octanol–water partition coefficient (Wildman–Crippen LogP) is 3.08. The molecule has 1 atom stereocenters. The van der Waals surface area contributed by atoms with E-state index in [1.165, 1.54) is 32.5 Å². The minimum absolute atomic E-state index is 0.326. The fraction of sp³-hybridized carbons (Fsp3) is 1.00. The molecule has 1 saturated carbocycles. The lowest BCUT2D eigenvalue weighted by molar-refractivity contribution is 0.129. The Bertz CT molecular complexity index is 334. The van der Waals surface area contributed by atoms with Gasteiger partial charge in [-0.3, -0.25) is 4.90 Å². The molecule has 4 heteroatoms. The van der Waals surface area contributed by atoms with Gasteiger partial charge in [0.05, 0.1) is 0 Å². The van der Waals surface area contributed by atoms with Gasteiger partial charge in [0.1, 0.15) is 0 Å². The third kappa shape index (κ3) is 4.06. The lowest BCUT2D eigenvalue weighted by Crippen LogP contribution is -2.51. The van der Waals surface area contributed by atoms with E-state index in [0.29, 0.717) is 16.5 Å². The molecule has 1 N–H and O–H groups in total. The van der Waals surface area contributed by atoms with Crippen molar-refractivity contribution < 1.29 is 4.43 Å². The van der Waals surface area contributed by atoms with Gasteiger partial charge in [-0.1, -0.05) is 20.8 Å². The van der Waals surface area contributed by atoms with Crippen LogP contribution in [0.15, 0.2) is 0 Å². The molecule has 1 aliphatic heterocycles. The molecular formula is C16H34N2OSi. The smallest absolute Gasteiger partial charge is 0.192 e. The molecule has 1 aliphatic carbocycles. The van der Waals surface area contributed by atoms with Crippen LogP contribution in [0.2, 0.25) is 18.1 Å². The van der Waals surface area contributed by atoms with Crippen molar-refractivity contribution in [3.05, 3.63) is 0 Å². The fourth-order valence-electron chi connectivity index (χ4n) is 2.71. The maximum Gasteiger partial charge on any atom is 0.192 e. The molecule has 1 heterocycles. The molecule has 0 radical (unpaired) electrons. The van der Waals surface area contributed by atoms with Crippen LogP contribution in [-0.2, 0) is 4.43 Å². The van der Waals surface area contributed by atoms with Crippen LogP contribution in [0.5, 0.6) is 0 Å². The van der Waals surface area contributed by atoms with Gasteiger partial charge in [-0.25, -0.2) is 0 Å². The molecule has 2 fully saturated rings. The van der Waals surface area contributed by atoms with E-state index in [2.05, 4.69) is 51.0 Å². The summed E-state index contributed by atoms with van der Waals surface area (Å²) in [5, 5.41) is 3.85. The average molecular weight is 299 g/mol. The number of nitrogens with zero attached hydrogens (tertiary/aromatic N) is 1. The summed E-state index contributed by atoms with van der Waals surface area (Å²) in [6, 6.07) is 0.640. The second-order valence-corrected chi connectivity index (χ2v) is 13.4. The van der Waals surface area contributed by atoms with Crippen molar-refractivity contribution in [1.29, 1.82) is 0 Å². The average Bonchev–Trinajstić information content (AvgIpc) is 3.06. The van der Waals surface area contributed by atoms with Gasteiger partial charge in [-0.2, -0.15) is 0 Å². The van der Waals surface area contributed by atoms with E-state index in [9.17, 15) is 0 Å². The molecule has 2 aliphatic rings. The zero-order valence-corrected chi connectivity index (χ0v) is 15.4. The van der Waals surface area contributed by atoms with E-state index in [1.807, 2.05) is 0 Å². The zero-order valence-electron chi connectivity index (χ0n) is 14.4. The summed E-state index contributed by atoms with van der Waals surface area (Å²) in [4.78, 5) is 2.64. The van der Waals surface area contributed by atoms with Crippen molar-refractivity contribution in [2.24, 2.45) is 5.41 Å². The van der Waals surface area contributed by atoms with Gasteiger partial charge >= 0.3 is 0 Å². The molecule has 0 aromatic heterocycles. The molecule has 2 rings (SSSR count). The van der Waals surface area contributed by atoms with E-state index in [-0.39, 0.29) is 0 Å². The van der Waals surface area contributed by atoms with Crippen molar-refractivity contribution in [3.8, 4) is 0 Å². The zero-order chi connectivity index (χ0) is 15.0. The van der Waals surface area contributed by atoms with Crippen LogP contribution in [0.1, 0.15) is 40.5 Å². The SMILES string of the molecule is CC1CN(CC2(CO[Si](C)(C)C(C)(C)C)CC2)CCN1. The van der Waals surface area contributed by atoms with Crippen LogP contribution < -0.4 is 5.32 Å². The topological polar surface area (TPSA) is 24.5 Å². The van der Waals surface area contributed by atoms with Crippen LogP contribution >= 0.6 is 0 Å². The fourth-order valence-corrected chi connectivity index (χ4v) is 3.81. The Kier molecular flexibility index (Phi) is 4.70. The van der Waals surface area contributed by atoms with Gasteiger partial charge in [-0.15, -0.1) is 0 Å². The third-order valence-electron chi connectivity index (χ3n) is 5.51. The van der Waals surface area contributed by atoms with Gasteiger partial charge in [0.25, 0.3) is 0 Å². The number of hydrogen-bond acceptors (Lipinski definition) is 3. The highest BCUT2D eigenvalue weighted by atomic mass is 28.4.